The van der Waals surface area contributed by atoms with E-state index in [1.54, 1.807) is 24.3 Å². The molecule has 0 fully saturated rings. The van der Waals surface area contributed by atoms with Crippen molar-refractivity contribution >= 4 is 17.5 Å². The molecule has 0 aliphatic rings. The van der Waals surface area contributed by atoms with Crippen molar-refractivity contribution in [2.45, 2.75) is 26.7 Å². The first kappa shape index (κ1) is 16.2. The summed E-state index contributed by atoms with van der Waals surface area (Å²) < 4.78 is 0. The second-order valence-electron chi connectivity index (χ2n) is 5.43. The van der Waals surface area contributed by atoms with Crippen LogP contribution in [0.5, 0.6) is 0 Å². The van der Waals surface area contributed by atoms with Gasteiger partial charge in [-0.1, -0.05) is 13.8 Å². The van der Waals surface area contributed by atoms with Crippen molar-refractivity contribution in [2.24, 2.45) is 23.3 Å². The van der Waals surface area contributed by atoms with Gasteiger partial charge in [0.05, 0.1) is 0 Å². The van der Waals surface area contributed by atoms with Gasteiger partial charge in [0, 0.05) is 17.7 Å². The van der Waals surface area contributed by atoms with E-state index in [9.17, 15) is 9.59 Å². The first-order valence-corrected chi connectivity index (χ1v) is 6.82. The number of hydrogen-bond acceptors (Lipinski definition) is 3. The van der Waals surface area contributed by atoms with Crippen molar-refractivity contribution < 1.29 is 9.59 Å². The number of hydrogen-bond donors (Lipinski definition) is 3. The Morgan fingerprint density at radius 1 is 1.20 bits per heavy atom. The van der Waals surface area contributed by atoms with Gasteiger partial charge in [-0.3, -0.25) is 9.59 Å². The summed E-state index contributed by atoms with van der Waals surface area (Å²) in [6.45, 7) is 4.73. The fraction of sp³-hybridized carbons (Fsp3) is 0.467. The number of amides is 2. The average Bonchev–Trinajstić information content (AvgIpc) is 2.37. The standard InChI is InChI=1S/C15H23N3O2/c1-10(2)7-11(9-16)8-14(19)18-13-5-3-12(4-6-13)15(17)20/h3-6,10-11H,7-9,16H2,1-2H3,(H2,17,20)(H,18,19). The Hall–Kier alpha value is -1.88. The molecule has 1 aromatic carbocycles. The quantitative estimate of drug-likeness (QED) is 0.708. The van der Waals surface area contributed by atoms with Crippen molar-refractivity contribution in [3.63, 3.8) is 0 Å². The van der Waals surface area contributed by atoms with Crippen LogP contribution < -0.4 is 16.8 Å². The van der Waals surface area contributed by atoms with Gasteiger partial charge in [-0.05, 0) is 49.1 Å². The number of nitrogens with one attached hydrogen (secondary N) is 1. The zero-order valence-electron chi connectivity index (χ0n) is 12.1. The van der Waals surface area contributed by atoms with Gasteiger partial charge in [0.2, 0.25) is 11.8 Å². The van der Waals surface area contributed by atoms with Gasteiger partial charge in [-0.15, -0.1) is 0 Å². The van der Waals surface area contributed by atoms with Crippen LogP contribution in [0.25, 0.3) is 0 Å². The summed E-state index contributed by atoms with van der Waals surface area (Å²) in [5.74, 6) is 0.169. The number of carbonyl (C=O) groups is 2. The second kappa shape index (κ2) is 7.65. The van der Waals surface area contributed by atoms with Crippen LogP contribution >= 0.6 is 0 Å². The van der Waals surface area contributed by atoms with Crippen LogP contribution in [0.4, 0.5) is 5.69 Å². The molecule has 0 saturated carbocycles. The van der Waals surface area contributed by atoms with Crippen LogP contribution in [0.1, 0.15) is 37.0 Å². The van der Waals surface area contributed by atoms with Crippen LogP contribution in [0, 0.1) is 11.8 Å². The molecule has 0 heterocycles. The number of nitrogens with two attached hydrogens (primary N) is 2. The van der Waals surface area contributed by atoms with E-state index in [1.165, 1.54) is 0 Å². The van der Waals surface area contributed by atoms with Crippen molar-refractivity contribution in [1.29, 1.82) is 0 Å². The Kier molecular flexibility index (Phi) is 6.18. The minimum atomic E-state index is -0.483. The van der Waals surface area contributed by atoms with E-state index < -0.39 is 5.91 Å². The fourth-order valence-corrected chi connectivity index (χ4v) is 2.12. The van der Waals surface area contributed by atoms with Gasteiger partial charge in [-0.25, -0.2) is 0 Å². The molecule has 0 spiro atoms. The van der Waals surface area contributed by atoms with Gasteiger partial charge in [0.15, 0.2) is 0 Å². The summed E-state index contributed by atoms with van der Waals surface area (Å²) in [7, 11) is 0. The maximum Gasteiger partial charge on any atom is 0.248 e. The van der Waals surface area contributed by atoms with Crippen LogP contribution in [0.3, 0.4) is 0 Å². The lowest BCUT2D eigenvalue weighted by Gasteiger charge is -2.16. The Morgan fingerprint density at radius 3 is 2.25 bits per heavy atom. The molecule has 5 N–H and O–H groups in total. The molecular weight excluding hydrogens is 254 g/mol. The van der Waals surface area contributed by atoms with Gasteiger partial charge >= 0.3 is 0 Å². The zero-order valence-corrected chi connectivity index (χ0v) is 12.1. The minimum Gasteiger partial charge on any atom is -0.366 e. The third-order valence-corrected chi connectivity index (χ3v) is 3.07. The molecule has 110 valence electrons. The van der Waals surface area contributed by atoms with E-state index in [0.717, 1.165) is 6.42 Å². The van der Waals surface area contributed by atoms with Crippen molar-refractivity contribution in [2.75, 3.05) is 11.9 Å². The predicted octanol–water partition coefficient (Wildman–Crippen LogP) is 1.74. The summed E-state index contributed by atoms with van der Waals surface area (Å²) in [4.78, 5) is 22.9. The van der Waals surface area contributed by atoms with Gasteiger partial charge in [-0.2, -0.15) is 0 Å². The largest absolute Gasteiger partial charge is 0.366 e. The number of rotatable bonds is 7. The van der Waals surface area contributed by atoms with Crippen molar-refractivity contribution in [3.8, 4) is 0 Å². The SMILES string of the molecule is CC(C)CC(CN)CC(=O)Nc1ccc(C(N)=O)cc1. The van der Waals surface area contributed by atoms with E-state index >= 15 is 0 Å². The smallest absolute Gasteiger partial charge is 0.248 e. The molecule has 5 nitrogen and oxygen atoms in total. The molecular formula is C15H23N3O2. The topological polar surface area (TPSA) is 98.2 Å². The third-order valence-electron chi connectivity index (χ3n) is 3.07. The monoisotopic (exact) mass is 277 g/mol. The highest BCUT2D eigenvalue weighted by Gasteiger charge is 2.14. The maximum atomic E-state index is 11.9. The molecule has 0 aliphatic heterocycles. The number of benzene rings is 1. The van der Waals surface area contributed by atoms with Crippen LogP contribution in [-0.2, 0) is 4.79 Å². The van der Waals surface area contributed by atoms with Crippen LogP contribution in [0.15, 0.2) is 24.3 Å². The lowest BCUT2D eigenvalue weighted by molar-refractivity contribution is -0.117. The van der Waals surface area contributed by atoms with E-state index in [0.29, 0.717) is 30.1 Å². The first-order chi connectivity index (χ1) is 9.42. The lowest BCUT2D eigenvalue weighted by atomic mass is 9.94. The van der Waals surface area contributed by atoms with Crippen LogP contribution in [-0.4, -0.2) is 18.4 Å². The number of anilines is 1. The Balaban J connectivity index is 2.55. The fourth-order valence-electron chi connectivity index (χ4n) is 2.12. The minimum absolute atomic E-state index is 0.0621. The molecule has 0 radical (unpaired) electrons. The average molecular weight is 277 g/mol. The highest BCUT2D eigenvalue weighted by molar-refractivity contribution is 5.94. The molecule has 1 unspecified atom stereocenters. The molecule has 2 amide bonds. The Labute approximate surface area is 119 Å². The third kappa shape index (κ3) is 5.40. The Bertz CT molecular complexity index is 455. The molecule has 0 aromatic heterocycles. The summed E-state index contributed by atoms with van der Waals surface area (Å²) >= 11 is 0. The summed E-state index contributed by atoms with van der Waals surface area (Å²) in [6, 6.07) is 6.51. The van der Waals surface area contributed by atoms with E-state index in [4.69, 9.17) is 11.5 Å². The van der Waals surface area contributed by atoms with E-state index in [1.807, 2.05) is 0 Å². The number of carbonyl (C=O) groups excluding carboxylic acids is 2. The van der Waals surface area contributed by atoms with Crippen LogP contribution in [0.2, 0.25) is 0 Å². The molecule has 0 aliphatic carbocycles. The Morgan fingerprint density at radius 2 is 1.80 bits per heavy atom. The highest BCUT2D eigenvalue weighted by atomic mass is 16.2. The number of primary amides is 1. The normalized spacial score (nSPS) is 12.2. The highest BCUT2D eigenvalue weighted by Crippen LogP contribution is 2.16. The predicted molar refractivity (Wildman–Crippen MR) is 80.2 cm³/mol. The molecule has 0 bridgehead atoms. The molecule has 1 aromatic rings. The van der Waals surface area contributed by atoms with Gasteiger partial charge in [0.25, 0.3) is 0 Å². The molecule has 1 atom stereocenters. The summed E-state index contributed by atoms with van der Waals surface area (Å²) in [5, 5.41) is 2.80. The lowest BCUT2D eigenvalue weighted by Crippen LogP contribution is -2.23. The maximum absolute atomic E-state index is 11.9. The van der Waals surface area contributed by atoms with Crippen molar-refractivity contribution in [1.82, 2.24) is 0 Å². The van der Waals surface area contributed by atoms with Crippen molar-refractivity contribution in [3.05, 3.63) is 29.8 Å². The van der Waals surface area contributed by atoms with Gasteiger partial charge in [0.1, 0.15) is 0 Å². The van der Waals surface area contributed by atoms with E-state index in [2.05, 4.69) is 19.2 Å². The summed E-state index contributed by atoms with van der Waals surface area (Å²) in [6.07, 6.45) is 1.34. The van der Waals surface area contributed by atoms with E-state index in [-0.39, 0.29) is 11.8 Å². The second-order valence-corrected chi connectivity index (χ2v) is 5.43. The molecule has 5 heteroatoms. The molecule has 20 heavy (non-hydrogen) atoms. The summed E-state index contributed by atoms with van der Waals surface area (Å²) in [5.41, 5.74) is 11.9. The van der Waals surface area contributed by atoms with Gasteiger partial charge < -0.3 is 16.8 Å². The molecule has 1 rings (SSSR count). The first-order valence-electron chi connectivity index (χ1n) is 6.82. The molecule has 0 saturated heterocycles. The zero-order chi connectivity index (χ0) is 15.1.